The number of halogens is 4. The number of anilines is 1. The van der Waals surface area contributed by atoms with Crippen molar-refractivity contribution < 1.29 is 13.2 Å². The molecular formula is C20H19ClF3N5S. The van der Waals surface area contributed by atoms with Crippen molar-refractivity contribution in [3.05, 3.63) is 58.7 Å². The lowest BCUT2D eigenvalue weighted by molar-refractivity contribution is -0.137. The number of alkyl halides is 3. The van der Waals surface area contributed by atoms with Crippen molar-refractivity contribution in [2.75, 3.05) is 37.6 Å². The Morgan fingerprint density at radius 3 is 2.60 bits per heavy atom. The summed E-state index contributed by atoms with van der Waals surface area (Å²) in [4.78, 5) is 13.3. The summed E-state index contributed by atoms with van der Waals surface area (Å²) in [5.74, 6) is 0.560. The van der Waals surface area contributed by atoms with E-state index in [1.165, 1.54) is 23.7 Å². The Morgan fingerprint density at radius 2 is 1.87 bits per heavy atom. The second-order valence-corrected chi connectivity index (χ2v) is 8.20. The number of aromatic nitrogens is 3. The monoisotopic (exact) mass is 453 g/mol. The summed E-state index contributed by atoms with van der Waals surface area (Å²) < 4.78 is 43.0. The maximum atomic E-state index is 12.9. The van der Waals surface area contributed by atoms with E-state index in [0.29, 0.717) is 28.5 Å². The third-order valence-corrected chi connectivity index (χ3v) is 5.99. The van der Waals surface area contributed by atoms with E-state index < -0.39 is 11.7 Å². The van der Waals surface area contributed by atoms with E-state index in [4.69, 9.17) is 11.6 Å². The molecule has 0 spiro atoms. The highest BCUT2D eigenvalue weighted by molar-refractivity contribution is 7.09. The second kappa shape index (κ2) is 8.87. The largest absolute Gasteiger partial charge is 0.416 e. The first-order chi connectivity index (χ1) is 14.4. The Hall–Kier alpha value is -2.23. The lowest BCUT2D eigenvalue weighted by Crippen LogP contribution is -2.47. The van der Waals surface area contributed by atoms with Gasteiger partial charge in [0.1, 0.15) is 5.69 Å². The molecule has 3 heterocycles. The summed E-state index contributed by atoms with van der Waals surface area (Å²) in [6.45, 7) is 3.95. The summed E-state index contributed by atoms with van der Waals surface area (Å²) in [6, 6.07) is 9.01. The number of hydrogen-bond acceptors (Lipinski definition) is 6. The standard InChI is InChI=1S/C20H19ClF3N5S/c21-16-4-6-25-17(13-16)18-26-19(30-27-18)29-10-8-28(9-11-29)7-5-14-2-1-3-15(12-14)20(22,23)24/h1-4,6,12-13H,5,7-11H2. The molecule has 0 saturated carbocycles. The van der Waals surface area contributed by atoms with Crippen LogP contribution in [0.15, 0.2) is 42.6 Å². The molecule has 10 heteroatoms. The Morgan fingerprint density at radius 1 is 1.07 bits per heavy atom. The van der Waals surface area contributed by atoms with Crippen molar-refractivity contribution in [1.82, 2.24) is 19.2 Å². The minimum absolute atomic E-state index is 0.560. The van der Waals surface area contributed by atoms with Gasteiger partial charge in [-0.05, 0) is 30.2 Å². The summed E-state index contributed by atoms with van der Waals surface area (Å²) in [5.41, 5.74) is 0.755. The fourth-order valence-corrected chi connectivity index (χ4v) is 4.22. The number of piperazine rings is 1. The predicted molar refractivity (Wildman–Crippen MR) is 112 cm³/mol. The van der Waals surface area contributed by atoms with Crippen LogP contribution in [0, 0.1) is 0 Å². The minimum atomic E-state index is -4.30. The van der Waals surface area contributed by atoms with Gasteiger partial charge in [-0.15, -0.1) is 0 Å². The third-order valence-electron chi connectivity index (χ3n) is 4.98. The van der Waals surface area contributed by atoms with Gasteiger partial charge in [0, 0.05) is 55.5 Å². The maximum Gasteiger partial charge on any atom is 0.416 e. The number of benzene rings is 1. The van der Waals surface area contributed by atoms with Crippen molar-refractivity contribution in [2.24, 2.45) is 0 Å². The lowest BCUT2D eigenvalue weighted by atomic mass is 10.1. The molecule has 1 aliphatic rings. The Kier molecular flexibility index (Phi) is 6.21. The average molecular weight is 454 g/mol. The molecule has 0 atom stereocenters. The molecule has 30 heavy (non-hydrogen) atoms. The van der Waals surface area contributed by atoms with Gasteiger partial charge < -0.3 is 4.90 Å². The van der Waals surface area contributed by atoms with Crippen LogP contribution in [0.2, 0.25) is 5.02 Å². The summed E-state index contributed by atoms with van der Waals surface area (Å²) in [6.07, 6.45) is -2.09. The van der Waals surface area contributed by atoms with Crippen molar-refractivity contribution >= 4 is 28.3 Å². The molecule has 0 N–H and O–H groups in total. The van der Waals surface area contributed by atoms with Gasteiger partial charge in [-0.1, -0.05) is 29.8 Å². The quantitative estimate of drug-likeness (QED) is 0.563. The molecule has 3 aromatic rings. The molecule has 4 rings (SSSR count). The van der Waals surface area contributed by atoms with Crippen molar-refractivity contribution in [1.29, 1.82) is 0 Å². The first kappa shape index (κ1) is 21.0. The summed E-state index contributed by atoms with van der Waals surface area (Å²) >= 11 is 7.34. The van der Waals surface area contributed by atoms with Gasteiger partial charge in [0.2, 0.25) is 5.13 Å². The summed E-state index contributed by atoms with van der Waals surface area (Å²) in [7, 11) is 0. The molecule has 158 valence electrons. The van der Waals surface area contributed by atoms with Crippen molar-refractivity contribution in [3.8, 4) is 11.5 Å². The van der Waals surface area contributed by atoms with Crippen LogP contribution in [-0.4, -0.2) is 52.0 Å². The van der Waals surface area contributed by atoms with E-state index in [-0.39, 0.29) is 0 Å². The average Bonchev–Trinajstić information content (AvgIpc) is 3.23. The fraction of sp³-hybridized carbons (Fsp3) is 0.350. The molecular weight excluding hydrogens is 435 g/mol. The van der Waals surface area contributed by atoms with E-state index in [1.807, 2.05) is 0 Å². The minimum Gasteiger partial charge on any atom is -0.344 e. The maximum absolute atomic E-state index is 12.9. The summed E-state index contributed by atoms with van der Waals surface area (Å²) in [5, 5.41) is 1.43. The van der Waals surface area contributed by atoms with E-state index in [1.54, 1.807) is 24.4 Å². The van der Waals surface area contributed by atoms with Crippen LogP contribution >= 0.6 is 23.1 Å². The zero-order chi connectivity index (χ0) is 21.1. The lowest BCUT2D eigenvalue weighted by Gasteiger charge is -2.34. The van der Waals surface area contributed by atoms with Crippen LogP contribution in [-0.2, 0) is 12.6 Å². The highest BCUT2D eigenvalue weighted by atomic mass is 35.5. The second-order valence-electron chi connectivity index (χ2n) is 7.04. The van der Waals surface area contributed by atoms with Gasteiger partial charge in [-0.3, -0.25) is 9.88 Å². The molecule has 1 saturated heterocycles. The highest BCUT2D eigenvalue weighted by Gasteiger charge is 2.30. The zero-order valence-corrected chi connectivity index (χ0v) is 17.5. The topological polar surface area (TPSA) is 45.2 Å². The first-order valence-corrected chi connectivity index (χ1v) is 10.6. The SMILES string of the molecule is FC(F)(F)c1cccc(CCN2CCN(c3nc(-c4cc(Cl)ccn4)ns3)CC2)c1. The van der Waals surface area contributed by atoms with Crippen LogP contribution in [0.4, 0.5) is 18.3 Å². The van der Waals surface area contributed by atoms with Gasteiger partial charge in [0.15, 0.2) is 5.82 Å². The fourth-order valence-electron chi connectivity index (χ4n) is 3.33. The Labute approximate surface area is 181 Å². The molecule has 0 amide bonds. The van der Waals surface area contributed by atoms with E-state index in [9.17, 15) is 13.2 Å². The Bertz CT molecular complexity index is 1000. The Balaban J connectivity index is 1.30. The first-order valence-electron chi connectivity index (χ1n) is 9.47. The number of pyridine rings is 1. The highest BCUT2D eigenvalue weighted by Crippen LogP contribution is 2.30. The molecule has 1 aromatic carbocycles. The number of rotatable bonds is 5. The van der Waals surface area contributed by atoms with Crippen LogP contribution in [0.3, 0.4) is 0 Å². The van der Waals surface area contributed by atoms with Crippen LogP contribution < -0.4 is 4.90 Å². The van der Waals surface area contributed by atoms with Crippen LogP contribution in [0.25, 0.3) is 11.5 Å². The smallest absolute Gasteiger partial charge is 0.344 e. The van der Waals surface area contributed by atoms with Crippen LogP contribution in [0.5, 0.6) is 0 Å². The third kappa shape index (κ3) is 5.08. The zero-order valence-electron chi connectivity index (χ0n) is 15.9. The molecule has 5 nitrogen and oxygen atoms in total. The van der Waals surface area contributed by atoms with E-state index in [0.717, 1.165) is 43.9 Å². The molecule has 0 aliphatic carbocycles. The molecule has 1 fully saturated rings. The molecule has 0 bridgehead atoms. The van der Waals surface area contributed by atoms with Gasteiger partial charge in [-0.2, -0.15) is 22.5 Å². The van der Waals surface area contributed by atoms with Gasteiger partial charge in [0.25, 0.3) is 0 Å². The molecule has 0 unspecified atom stereocenters. The molecule has 0 radical (unpaired) electrons. The van der Waals surface area contributed by atoms with Crippen molar-refractivity contribution in [3.63, 3.8) is 0 Å². The van der Waals surface area contributed by atoms with E-state index in [2.05, 4.69) is 24.1 Å². The van der Waals surface area contributed by atoms with Gasteiger partial charge in [0.05, 0.1) is 5.56 Å². The van der Waals surface area contributed by atoms with Crippen LogP contribution in [0.1, 0.15) is 11.1 Å². The molecule has 2 aromatic heterocycles. The predicted octanol–water partition coefficient (Wildman–Crippen LogP) is 4.64. The van der Waals surface area contributed by atoms with Crippen molar-refractivity contribution in [2.45, 2.75) is 12.6 Å². The molecule has 1 aliphatic heterocycles. The number of hydrogen-bond donors (Lipinski definition) is 0. The van der Waals surface area contributed by atoms with E-state index >= 15 is 0 Å². The normalized spacial score (nSPS) is 15.5. The van der Waals surface area contributed by atoms with Gasteiger partial charge in [-0.25, -0.2) is 0 Å². The number of nitrogens with zero attached hydrogens (tertiary/aromatic N) is 5. The van der Waals surface area contributed by atoms with Gasteiger partial charge >= 0.3 is 6.18 Å².